The summed E-state index contributed by atoms with van der Waals surface area (Å²) in [5.41, 5.74) is 14.3. The molecule has 0 saturated heterocycles. The molecule has 0 spiro atoms. The Labute approximate surface area is 238 Å². The highest BCUT2D eigenvalue weighted by Crippen LogP contribution is 2.71. The maximum atomic E-state index is 13.0. The fourth-order valence-corrected chi connectivity index (χ4v) is 6.46. The number of rotatable bonds is 8. The number of nitrogens with two attached hydrogens (primary N) is 2. The first kappa shape index (κ1) is 27.0. The van der Waals surface area contributed by atoms with Gasteiger partial charge in [0.2, 0.25) is 0 Å². The van der Waals surface area contributed by atoms with Crippen molar-refractivity contribution in [2.75, 3.05) is 11.5 Å². The van der Waals surface area contributed by atoms with Crippen molar-refractivity contribution in [2.24, 2.45) is 23.2 Å². The van der Waals surface area contributed by atoms with E-state index in [-0.39, 0.29) is 41.1 Å². The third-order valence-electron chi connectivity index (χ3n) is 8.75. The predicted octanol–water partition coefficient (Wildman–Crippen LogP) is 4.47. The Morgan fingerprint density at radius 3 is 2.54 bits per heavy atom. The van der Waals surface area contributed by atoms with Gasteiger partial charge in [0.15, 0.2) is 6.10 Å². The number of aromatic nitrogens is 4. The van der Waals surface area contributed by atoms with Crippen LogP contribution in [0.25, 0.3) is 21.9 Å². The maximum absolute atomic E-state index is 13.0. The first-order valence-corrected chi connectivity index (χ1v) is 14.2. The zero-order valence-electron chi connectivity index (χ0n) is 23.8. The smallest absolute Gasteiger partial charge is 0.308 e. The molecule has 4 N–H and O–H groups in total. The average Bonchev–Trinajstić information content (AvgIpc) is 3.40. The van der Waals surface area contributed by atoms with Gasteiger partial charge in [0.1, 0.15) is 29.7 Å². The summed E-state index contributed by atoms with van der Waals surface area (Å²) in [7, 11) is 0. The molecule has 10 nitrogen and oxygen atoms in total. The molecular weight excluding hydrogens is 520 g/mol. The van der Waals surface area contributed by atoms with Crippen molar-refractivity contribution in [3.63, 3.8) is 0 Å². The van der Waals surface area contributed by atoms with Crippen LogP contribution in [0.15, 0.2) is 48.9 Å². The zero-order valence-corrected chi connectivity index (χ0v) is 23.8. The number of carbonyl (C=O) groups is 2. The lowest BCUT2D eigenvalue weighted by atomic mass is 9.90. The fourth-order valence-electron chi connectivity index (χ4n) is 6.46. The van der Waals surface area contributed by atoms with E-state index >= 15 is 0 Å². The number of hydrogen-bond acceptors (Lipinski definition) is 9. The Kier molecular flexibility index (Phi) is 6.59. The first-order valence-electron chi connectivity index (χ1n) is 14.2. The highest BCUT2D eigenvalue weighted by Gasteiger charge is 2.74. The normalized spacial score (nSPS) is 25.1. The minimum Gasteiger partial charge on any atom is -0.458 e. The number of pyridine rings is 1. The minimum atomic E-state index is -0.665. The van der Waals surface area contributed by atoms with Gasteiger partial charge < -0.3 is 25.5 Å². The van der Waals surface area contributed by atoms with E-state index in [4.69, 9.17) is 20.9 Å². The number of nitrogens with zero attached hydrogens (tertiary/aromatic N) is 4. The van der Waals surface area contributed by atoms with Crippen molar-refractivity contribution in [1.29, 1.82) is 0 Å². The van der Waals surface area contributed by atoms with Crippen LogP contribution >= 0.6 is 0 Å². The number of fused-ring (bicyclic) bond motifs is 3. The van der Waals surface area contributed by atoms with E-state index in [1.165, 1.54) is 6.33 Å². The molecule has 0 aliphatic heterocycles. The van der Waals surface area contributed by atoms with Gasteiger partial charge in [0.05, 0.1) is 28.8 Å². The molecule has 1 unspecified atom stereocenters. The second-order valence-electron chi connectivity index (χ2n) is 12.1. The molecule has 3 aromatic heterocycles. The number of ether oxygens (including phenoxy) is 2. The molecule has 214 valence electrons. The molecule has 2 aliphatic carbocycles. The summed E-state index contributed by atoms with van der Waals surface area (Å²) in [5.74, 6) is -0.275. The van der Waals surface area contributed by atoms with E-state index in [0.29, 0.717) is 17.3 Å². The second kappa shape index (κ2) is 10.0. The van der Waals surface area contributed by atoms with Gasteiger partial charge in [-0.3, -0.25) is 9.59 Å². The number of carbonyl (C=O) groups excluding carboxylic acids is 2. The molecule has 10 heteroatoms. The largest absolute Gasteiger partial charge is 0.458 e. The zero-order chi connectivity index (χ0) is 29.1. The van der Waals surface area contributed by atoms with Gasteiger partial charge in [-0.2, -0.15) is 0 Å². The lowest BCUT2D eigenvalue weighted by Crippen LogP contribution is -2.42. The van der Waals surface area contributed by atoms with Gasteiger partial charge >= 0.3 is 11.9 Å². The molecular formula is C31H36N6O4. The second-order valence-corrected chi connectivity index (χ2v) is 12.1. The van der Waals surface area contributed by atoms with Crippen LogP contribution in [-0.2, 0) is 25.5 Å². The van der Waals surface area contributed by atoms with E-state index in [0.717, 1.165) is 41.1 Å². The van der Waals surface area contributed by atoms with Crippen LogP contribution in [0.2, 0.25) is 0 Å². The molecule has 0 amide bonds. The van der Waals surface area contributed by atoms with Crippen molar-refractivity contribution in [1.82, 2.24) is 19.5 Å². The van der Waals surface area contributed by atoms with Crippen LogP contribution < -0.4 is 11.5 Å². The average molecular weight is 557 g/mol. The number of aryl methyl sites for hydroxylation is 1. The van der Waals surface area contributed by atoms with Crippen molar-refractivity contribution >= 4 is 45.5 Å². The van der Waals surface area contributed by atoms with Crippen molar-refractivity contribution in [2.45, 2.75) is 65.2 Å². The van der Waals surface area contributed by atoms with E-state index in [9.17, 15) is 9.59 Å². The molecule has 0 radical (unpaired) electrons. The quantitative estimate of drug-likeness (QED) is 0.300. The minimum absolute atomic E-state index is 0.117. The Morgan fingerprint density at radius 1 is 1.02 bits per heavy atom. The van der Waals surface area contributed by atoms with Crippen LogP contribution in [0.1, 0.15) is 52.1 Å². The third kappa shape index (κ3) is 4.65. The third-order valence-corrected chi connectivity index (χ3v) is 8.75. The van der Waals surface area contributed by atoms with Crippen molar-refractivity contribution in [3.8, 4) is 0 Å². The van der Waals surface area contributed by atoms with E-state index in [1.54, 1.807) is 19.9 Å². The first-order chi connectivity index (χ1) is 19.6. The van der Waals surface area contributed by atoms with Gasteiger partial charge in [0, 0.05) is 17.0 Å². The molecule has 0 bridgehead atoms. The van der Waals surface area contributed by atoms with E-state index in [2.05, 4.69) is 27.1 Å². The summed E-state index contributed by atoms with van der Waals surface area (Å²) in [5, 5.41) is 1.76. The number of esters is 2. The topological polar surface area (TPSA) is 148 Å². The number of anilines is 2. The van der Waals surface area contributed by atoms with Gasteiger partial charge in [-0.05, 0) is 61.1 Å². The molecule has 2 fully saturated rings. The summed E-state index contributed by atoms with van der Waals surface area (Å²) in [6, 6.07) is 11.6. The van der Waals surface area contributed by atoms with E-state index < -0.39 is 12.2 Å². The van der Waals surface area contributed by atoms with Crippen molar-refractivity contribution in [3.05, 3.63) is 54.5 Å². The predicted molar refractivity (Wildman–Crippen MR) is 155 cm³/mol. The van der Waals surface area contributed by atoms with Gasteiger partial charge in [0.25, 0.3) is 0 Å². The summed E-state index contributed by atoms with van der Waals surface area (Å²) in [4.78, 5) is 39.1. The summed E-state index contributed by atoms with van der Waals surface area (Å²) < 4.78 is 14.5. The molecule has 6 rings (SSSR count). The lowest BCUT2D eigenvalue weighted by Gasteiger charge is -2.32. The number of nitrogen functional groups attached to an aromatic ring is 2. The number of hydrogen-bond donors (Lipinski definition) is 2. The molecule has 5 atom stereocenters. The van der Waals surface area contributed by atoms with Crippen molar-refractivity contribution < 1.29 is 19.1 Å². The molecule has 2 saturated carbocycles. The van der Waals surface area contributed by atoms with Crippen LogP contribution in [0.3, 0.4) is 0 Å². The number of benzene rings is 1. The summed E-state index contributed by atoms with van der Waals surface area (Å²) >= 11 is 0. The Hall–Kier alpha value is -4.21. The molecule has 1 aromatic carbocycles. The monoisotopic (exact) mass is 556 g/mol. The Bertz CT molecular complexity index is 1650. The van der Waals surface area contributed by atoms with Gasteiger partial charge in [-0.15, -0.1) is 0 Å². The summed E-state index contributed by atoms with van der Waals surface area (Å²) in [6.07, 6.45) is 4.49. The van der Waals surface area contributed by atoms with Gasteiger partial charge in [-0.1, -0.05) is 33.8 Å². The fraction of sp³-hybridized carbons (Fsp3) is 0.452. The molecule has 4 aromatic rings. The van der Waals surface area contributed by atoms with E-state index in [1.807, 2.05) is 42.8 Å². The standard InChI is InChI=1S/C31H36N6O4/c1-16(2)29(38)40-25-24(37-12-10-20-27(33)34-15-35-28(20)37)21-14-31(21,26(25)41-30(39)17(3)4)11-9-18-5-7-22-19(13-18)6-8-23(32)36-22/h5-8,10,12-13,15-17,21,24-26H,9,11,14H2,1-4H3,(H2,32,36)(H2,33,34,35)/t21?,24-,25+,26+,31-/m1/s1. The van der Waals surface area contributed by atoms with Crippen LogP contribution in [0, 0.1) is 23.2 Å². The van der Waals surface area contributed by atoms with Crippen LogP contribution in [0.5, 0.6) is 0 Å². The molecule has 41 heavy (non-hydrogen) atoms. The maximum Gasteiger partial charge on any atom is 0.308 e. The molecule has 2 aliphatic rings. The Morgan fingerprint density at radius 2 is 1.78 bits per heavy atom. The lowest BCUT2D eigenvalue weighted by molar-refractivity contribution is -0.177. The summed E-state index contributed by atoms with van der Waals surface area (Å²) in [6.45, 7) is 7.24. The van der Waals surface area contributed by atoms with Crippen LogP contribution in [0.4, 0.5) is 11.6 Å². The highest BCUT2D eigenvalue weighted by molar-refractivity contribution is 5.86. The highest BCUT2D eigenvalue weighted by atomic mass is 16.6. The molecule has 3 heterocycles. The van der Waals surface area contributed by atoms with Crippen LogP contribution in [-0.4, -0.2) is 43.7 Å². The Balaban J connectivity index is 1.38. The van der Waals surface area contributed by atoms with Gasteiger partial charge in [-0.25, -0.2) is 15.0 Å². The SMILES string of the molecule is CC(C)C(=O)O[C@H]1[C@H](n2ccc3c(N)ncnc32)C2C[C@@]2(CCc2ccc3nc(N)ccc3c2)[C@H]1OC(=O)C(C)C.